The first-order chi connectivity index (χ1) is 17.5. The van der Waals surface area contributed by atoms with Gasteiger partial charge in [-0.3, -0.25) is 9.78 Å². The molecule has 0 saturated heterocycles. The zero-order valence-electron chi connectivity index (χ0n) is 22.5. The molecule has 1 N–H and O–H groups in total. The monoisotopic (exact) mass is 506 g/mol. The number of nitrogens with zero attached hydrogens (tertiary/aromatic N) is 3. The number of amides is 1. The second kappa shape index (κ2) is 12.7. The fourth-order valence-corrected chi connectivity index (χ4v) is 6.15. The third-order valence-corrected chi connectivity index (χ3v) is 8.69. The van der Waals surface area contributed by atoms with Gasteiger partial charge in [-0.25, -0.2) is 4.98 Å². The van der Waals surface area contributed by atoms with Gasteiger partial charge in [-0.05, 0) is 63.1 Å². The molecule has 1 amide bonds. The summed E-state index contributed by atoms with van der Waals surface area (Å²) < 4.78 is 2.37. The van der Waals surface area contributed by atoms with E-state index in [9.17, 15) is 4.79 Å². The van der Waals surface area contributed by atoms with Crippen molar-refractivity contribution >= 4 is 17.2 Å². The van der Waals surface area contributed by atoms with Crippen LogP contribution in [-0.2, 0) is 6.54 Å². The van der Waals surface area contributed by atoms with Crippen LogP contribution < -0.4 is 5.32 Å². The van der Waals surface area contributed by atoms with Crippen molar-refractivity contribution in [3.8, 4) is 22.0 Å². The lowest BCUT2D eigenvalue weighted by Gasteiger charge is -2.24. The van der Waals surface area contributed by atoms with E-state index in [0.29, 0.717) is 11.8 Å². The molecule has 194 valence electrons. The smallest absolute Gasteiger partial charge is 0.253 e. The molecule has 0 aliphatic heterocycles. The molecule has 0 aromatic carbocycles. The molecule has 3 aromatic rings. The summed E-state index contributed by atoms with van der Waals surface area (Å²) in [5, 5.41) is 6.35. The van der Waals surface area contributed by atoms with E-state index in [0.717, 1.165) is 58.4 Å². The van der Waals surface area contributed by atoms with E-state index in [-0.39, 0.29) is 5.91 Å². The van der Waals surface area contributed by atoms with E-state index in [2.05, 4.69) is 53.2 Å². The van der Waals surface area contributed by atoms with Gasteiger partial charge in [0.1, 0.15) is 5.01 Å². The highest BCUT2D eigenvalue weighted by molar-refractivity contribution is 7.13. The number of pyridine rings is 1. The Hall–Kier alpha value is -2.47. The molecule has 3 heterocycles. The van der Waals surface area contributed by atoms with Gasteiger partial charge in [-0.2, -0.15) is 0 Å². The summed E-state index contributed by atoms with van der Waals surface area (Å²) in [5.74, 6) is 1.25. The molecule has 1 aliphatic rings. The number of nitrogens with one attached hydrogen (secondary N) is 1. The average molecular weight is 507 g/mol. The predicted octanol–water partition coefficient (Wildman–Crippen LogP) is 7.82. The van der Waals surface area contributed by atoms with E-state index >= 15 is 0 Å². The maximum absolute atomic E-state index is 13.4. The topological polar surface area (TPSA) is 59.8 Å². The predicted molar refractivity (Wildman–Crippen MR) is 150 cm³/mol. The van der Waals surface area contributed by atoms with Crippen molar-refractivity contribution in [2.75, 3.05) is 6.54 Å². The van der Waals surface area contributed by atoms with E-state index in [4.69, 9.17) is 4.98 Å². The van der Waals surface area contributed by atoms with Crippen molar-refractivity contribution in [3.05, 3.63) is 46.7 Å². The quantitative estimate of drug-likeness (QED) is 0.288. The second-order valence-corrected chi connectivity index (χ2v) is 11.4. The Bertz CT molecular complexity index is 1120. The number of thiazole rings is 1. The number of aromatic nitrogens is 3. The zero-order valence-corrected chi connectivity index (χ0v) is 23.3. The summed E-state index contributed by atoms with van der Waals surface area (Å²) >= 11 is 1.64. The van der Waals surface area contributed by atoms with Gasteiger partial charge >= 0.3 is 0 Å². The summed E-state index contributed by atoms with van der Waals surface area (Å²) in [5.41, 5.74) is 5.89. The van der Waals surface area contributed by atoms with Crippen LogP contribution in [0.25, 0.3) is 22.0 Å². The van der Waals surface area contributed by atoms with Crippen molar-refractivity contribution < 1.29 is 4.79 Å². The third kappa shape index (κ3) is 6.44. The van der Waals surface area contributed by atoms with Gasteiger partial charge in [-0.1, -0.05) is 52.4 Å². The van der Waals surface area contributed by atoms with E-state index in [1.165, 1.54) is 51.4 Å². The van der Waals surface area contributed by atoms with Crippen LogP contribution in [0.4, 0.5) is 0 Å². The maximum atomic E-state index is 13.4. The number of hydrogen-bond donors (Lipinski definition) is 1. The molecular formula is C30H42N4OS. The van der Waals surface area contributed by atoms with Gasteiger partial charge in [0, 0.05) is 41.6 Å². The first-order valence-electron chi connectivity index (χ1n) is 13.9. The summed E-state index contributed by atoms with van der Waals surface area (Å²) in [6.07, 6.45) is 13.1. The largest absolute Gasteiger partial charge is 0.352 e. The van der Waals surface area contributed by atoms with Crippen LogP contribution in [0, 0.1) is 25.7 Å². The normalized spacial score (nSPS) is 15.2. The van der Waals surface area contributed by atoms with Crippen molar-refractivity contribution in [1.29, 1.82) is 0 Å². The lowest BCUT2D eigenvalue weighted by molar-refractivity contribution is 0.0945. The number of carbonyl (C=O) groups excluding carboxylic acids is 1. The zero-order chi connectivity index (χ0) is 25.5. The Morgan fingerprint density at radius 3 is 2.69 bits per heavy atom. The van der Waals surface area contributed by atoms with Crippen LogP contribution in [0.15, 0.2) is 29.8 Å². The molecule has 1 fully saturated rings. The molecular weight excluding hydrogens is 464 g/mol. The van der Waals surface area contributed by atoms with Gasteiger partial charge in [0.15, 0.2) is 0 Å². The number of aryl methyl sites for hydroxylation is 1. The highest BCUT2D eigenvalue weighted by Crippen LogP contribution is 2.34. The summed E-state index contributed by atoms with van der Waals surface area (Å²) in [4.78, 5) is 22.8. The molecule has 4 rings (SSSR count). The van der Waals surface area contributed by atoms with Crippen LogP contribution in [0.1, 0.15) is 93.4 Å². The van der Waals surface area contributed by atoms with Gasteiger partial charge in [0.2, 0.25) is 0 Å². The molecule has 5 nitrogen and oxygen atoms in total. The minimum Gasteiger partial charge on any atom is -0.352 e. The van der Waals surface area contributed by atoms with Crippen LogP contribution in [0.3, 0.4) is 0 Å². The van der Waals surface area contributed by atoms with Crippen LogP contribution in [0.2, 0.25) is 0 Å². The molecule has 0 radical (unpaired) electrons. The fraction of sp³-hybridized carbons (Fsp3) is 0.567. The van der Waals surface area contributed by atoms with Crippen LogP contribution in [0.5, 0.6) is 0 Å². The highest BCUT2D eigenvalue weighted by Gasteiger charge is 2.23. The number of rotatable bonds is 11. The standard InChI is InChI=1S/C30H42N4OS/c1-5-7-11-23(6-2)17-32-29(35)26-16-28(34(22(26)4)19-24-12-9-8-10-13-24)27-20-36-30(33-27)25-15-14-21(3)31-18-25/h14-16,18,20,23-24H,5-13,17,19H2,1-4H3,(H,32,35). The Kier molecular flexibility index (Phi) is 9.35. The highest BCUT2D eigenvalue weighted by atomic mass is 32.1. The van der Waals surface area contributed by atoms with Gasteiger partial charge in [0.05, 0.1) is 17.0 Å². The Balaban J connectivity index is 1.61. The summed E-state index contributed by atoms with van der Waals surface area (Å²) in [6, 6.07) is 6.18. The average Bonchev–Trinajstić information content (AvgIpc) is 3.50. The van der Waals surface area contributed by atoms with Crippen molar-refractivity contribution in [2.24, 2.45) is 11.8 Å². The van der Waals surface area contributed by atoms with E-state index in [1.807, 2.05) is 19.2 Å². The van der Waals surface area contributed by atoms with E-state index < -0.39 is 0 Å². The molecule has 0 spiro atoms. The summed E-state index contributed by atoms with van der Waals surface area (Å²) in [6.45, 7) is 10.3. The first kappa shape index (κ1) is 26.6. The Labute approximate surface area is 220 Å². The molecule has 1 atom stereocenters. The molecule has 0 bridgehead atoms. The third-order valence-electron chi connectivity index (χ3n) is 7.80. The lowest BCUT2D eigenvalue weighted by Crippen LogP contribution is -2.29. The van der Waals surface area contributed by atoms with Gasteiger partial charge in [0.25, 0.3) is 5.91 Å². The van der Waals surface area contributed by atoms with E-state index in [1.54, 1.807) is 11.3 Å². The minimum atomic E-state index is 0.0456. The minimum absolute atomic E-state index is 0.0456. The number of carbonyl (C=O) groups is 1. The maximum Gasteiger partial charge on any atom is 0.253 e. The van der Waals surface area contributed by atoms with Crippen molar-refractivity contribution in [1.82, 2.24) is 19.9 Å². The molecule has 36 heavy (non-hydrogen) atoms. The molecule has 3 aromatic heterocycles. The molecule has 6 heteroatoms. The first-order valence-corrected chi connectivity index (χ1v) is 14.7. The Morgan fingerprint density at radius 1 is 1.19 bits per heavy atom. The van der Waals surface area contributed by atoms with Gasteiger partial charge < -0.3 is 9.88 Å². The SMILES string of the molecule is CCCCC(CC)CNC(=O)c1cc(-c2csc(-c3ccc(C)nc3)n2)n(CC2CCCCC2)c1C. The Morgan fingerprint density at radius 2 is 2.00 bits per heavy atom. The second-order valence-electron chi connectivity index (χ2n) is 10.5. The lowest BCUT2D eigenvalue weighted by atomic mass is 9.89. The molecule has 1 aliphatic carbocycles. The van der Waals surface area contributed by atoms with Crippen LogP contribution in [-0.4, -0.2) is 27.0 Å². The fourth-order valence-electron chi connectivity index (χ4n) is 5.34. The molecule has 1 unspecified atom stereocenters. The molecule has 1 saturated carbocycles. The van der Waals surface area contributed by atoms with Crippen molar-refractivity contribution in [2.45, 2.75) is 92.0 Å². The summed E-state index contributed by atoms with van der Waals surface area (Å²) in [7, 11) is 0. The number of hydrogen-bond acceptors (Lipinski definition) is 4. The number of unbranched alkanes of at least 4 members (excludes halogenated alkanes) is 1. The van der Waals surface area contributed by atoms with Gasteiger partial charge in [-0.15, -0.1) is 11.3 Å². The van der Waals surface area contributed by atoms with Crippen LogP contribution >= 0.6 is 11.3 Å². The van der Waals surface area contributed by atoms with Crippen molar-refractivity contribution in [3.63, 3.8) is 0 Å².